The lowest BCUT2D eigenvalue weighted by Crippen LogP contribution is -2.24. The number of carbonyl (C=O) groups excluding carboxylic acids is 2. The Morgan fingerprint density at radius 1 is 0.469 bits per heavy atom. The standard InChI is InChI=1S/C28H54O4/c1-4-7-10-13-16-19-22-25-28(31-26(29)23-20-17-14-11-8-5-2)32-27(30)24-21-18-15-12-9-6-3/h28H,4-25H2,1-3H3. The van der Waals surface area contributed by atoms with Gasteiger partial charge in [0.1, 0.15) is 0 Å². The van der Waals surface area contributed by atoms with E-state index in [9.17, 15) is 9.59 Å². The molecule has 0 aliphatic heterocycles. The number of rotatable bonds is 24. The molecule has 0 aliphatic carbocycles. The van der Waals surface area contributed by atoms with Crippen LogP contribution in [0.1, 0.15) is 162 Å². The molecule has 0 aromatic carbocycles. The van der Waals surface area contributed by atoms with Crippen LogP contribution in [0.15, 0.2) is 0 Å². The third kappa shape index (κ3) is 22.1. The lowest BCUT2D eigenvalue weighted by atomic mass is 10.1. The number of esters is 2. The zero-order valence-corrected chi connectivity index (χ0v) is 21.8. The van der Waals surface area contributed by atoms with Crippen molar-refractivity contribution in [2.24, 2.45) is 0 Å². The first-order valence-corrected chi connectivity index (χ1v) is 14.0. The molecule has 32 heavy (non-hydrogen) atoms. The van der Waals surface area contributed by atoms with Crippen molar-refractivity contribution in [1.29, 1.82) is 0 Å². The quantitative estimate of drug-likeness (QED) is 0.0829. The fraction of sp³-hybridized carbons (Fsp3) is 0.929. The van der Waals surface area contributed by atoms with Gasteiger partial charge in [0.15, 0.2) is 0 Å². The first kappa shape index (κ1) is 30.9. The van der Waals surface area contributed by atoms with Crippen molar-refractivity contribution in [1.82, 2.24) is 0 Å². The summed E-state index contributed by atoms with van der Waals surface area (Å²) in [6, 6.07) is 0. The predicted octanol–water partition coefficient (Wildman–Crippen LogP) is 9.04. The molecular formula is C28H54O4. The highest BCUT2D eigenvalue weighted by molar-refractivity contribution is 5.71. The summed E-state index contributed by atoms with van der Waals surface area (Å²) < 4.78 is 11.1. The molecule has 0 rings (SSSR count). The number of carbonyl (C=O) groups is 2. The van der Waals surface area contributed by atoms with E-state index in [0.29, 0.717) is 19.3 Å². The number of unbranched alkanes of at least 4 members (excludes halogenated alkanes) is 16. The van der Waals surface area contributed by atoms with E-state index in [2.05, 4.69) is 20.8 Å². The van der Waals surface area contributed by atoms with Crippen LogP contribution in [0.25, 0.3) is 0 Å². The van der Waals surface area contributed by atoms with Crippen molar-refractivity contribution in [3.8, 4) is 0 Å². The van der Waals surface area contributed by atoms with Gasteiger partial charge < -0.3 is 9.47 Å². The van der Waals surface area contributed by atoms with Crippen molar-refractivity contribution in [2.45, 2.75) is 168 Å². The second-order valence-corrected chi connectivity index (χ2v) is 9.35. The van der Waals surface area contributed by atoms with Crippen LogP contribution in [-0.2, 0) is 19.1 Å². The second-order valence-electron chi connectivity index (χ2n) is 9.35. The summed E-state index contributed by atoms with van der Waals surface area (Å²) in [5.74, 6) is -0.443. The maximum Gasteiger partial charge on any atom is 0.308 e. The highest BCUT2D eigenvalue weighted by Crippen LogP contribution is 2.16. The van der Waals surface area contributed by atoms with Crippen LogP contribution in [0.3, 0.4) is 0 Å². The molecule has 0 heterocycles. The highest BCUT2D eigenvalue weighted by atomic mass is 16.7. The van der Waals surface area contributed by atoms with Crippen LogP contribution >= 0.6 is 0 Å². The Morgan fingerprint density at radius 2 is 0.781 bits per heavy atom. The summed E-state index contributed by atoms with van der Waals surface area (Å²) in [6.07, 6.45) is 22.8. The van der Waals surface area contributed by atoms with Crippen LogP contribution < -0.4 is 0 Å². The summed E-state index contributed by atoms with van der Waals surface area (Å²) in [6.45, 7) is 6.64. The summed E-state index contributed by atoms with van der Waals surface area (Å²) in [5, 5.41) is 0. The van der Waals surface area contributed by atoms with E-state index >= 15 is 0 Å². The predicted molar refractivity (Wildman–Crippen MR) is 135 cm³/mol. The third-order valence-corrected chi connectivity index (χ3v) is 6.04. The average molecular weight is 455 g/mol. The van der Waals surface area contributed by atoms with E-state index in [-0.39, 0.29) is 11.9 Å². The van der Waals surface area contributed by atoms with E-state index in [4.69, 9.17) is 9.47 Å². The van der Waals surface area contributed by atoms with Crippen LogP contribution in [-0.4, -0.2) is 18.2 Å². The zero-order chi connectivity index (χ0) is 23.7. The molecule has 0 radical (unpaired) electrons. The Morgan fingerprint density at radius 3 is 1.16 bits per heavy atom. The van der Waals surface area contributed by atoms with Gasteiger partial charge in [0.25, 0.3) is 0 Å². The molecule has 4 heteroatoms. The molecule has 0 saturated carbocycles. The van der Waals surface area contributed by atoms with E-state index in [1.807, 2.05) is 0 Å². The fourth-order valence-electron chi connectivity index (χ4n) is 3.92. The van der Waals surface area contributed by atoms with Crippen molar-refractivity contribution >= 4 is 11.9 Å². The van der Waals surface area contributed by atoms with Gasteiger partial charge >= 0.3 is 11.9 Å². The Kier molecular flexibility index (Phi) is 23.8. The Balaban J connectivity index is 4.22. The molecule has 0 spiro atoms. The average Bonchev–Trinajstić information content (AvgIpc) is 2.77. The number of ether oxygens (including phenoxy) is 2. The van der Waals surface area contributed by atoms with Crippen molar-refractivity contribution in [3.05, 3.63) is 0 Å². The molecule has 4 nitrogen and oxygen atoms in total. The van der Waals surface area contributed by atoms with Crippen LogP contribution in [0.2, 0.25) is 0 Å². The molecule has 0 N–H and O–H groups in total. The molecule has 0 aromatic rings. The van der Waals surface area contributed by atoms with E-state index in [1.54, 1.807) is 0 Å². The second kappa shape index (κ2) is 24.6. The summed E-state index contributed by atoms with van der Waals surface area (Å²) in [5.41, 5.74) is 0. The summed E-state index contributed by atoms with van der Waals surface area (Å²) in [4.78, 5) is 24.6. The molecule has 0 bridgehead atoms. The van der Waals surface area contributed by atoms with Gasteiger partial charge in [-0.3, -0.25) is 9.59 Å². The minimum absolute atomic E-state index is 0.221. The molecule has 0 saturated heterocycles. The van der Waals surface area contributed by atoms with Crippen molar-refractivity contribution < 1.29 is 19.1 Å². The zero-order valence-electron chi connectivity index (χ0n) is 21.8. The van der Waals surface area contributed by atoms with Gasteiger partial charge in [0.05, 0.1) is 0 Å². The number of hydrogen-bond acceptors (Lipinski definition) is 4. The lowest BCUT2D eigenvalue weighted by molar-refractivity contribution is -0.189. The van der Waals surface area contributed by atoms with E-state index in [0.717, 1.165) is 38.5 Å². The molecule has 0 atom stereocenters. The molecule has 0 unspecified atom stereocenters. The normalized spacial score (nSPS) is 11.1. The van der Waals surface area contributed by atoms with Crippen LogP contribution in [0, 0.1) is 0 Å². The number of hydrogen-bond donors (Lipinski definition) is 0. The van der Waals surface area contributed by atoms with Crippen LogP contribution in [0.5, 0.6) is 0 Å². The summed E-state index contributed by atoms with van der Waals surface area (Å²) >= 11 is 0. The maximum absolute atomic E-state index is 12.3. The van der Waals surface area contributed by atoms with Crippen molar-refractivity contribution in [2.75, 3.05) is 0 Å². The van der Waals surface area contributed by atoms with Gasteiger partial charge in [-0.25, -0.2) is 0 Å². The minimum atomic E-state index is -0.703. The Bertz CT molecular complexity index is 392. The topological polar surface area (TPSA) is 52.6 Å². The third-order valence-electron chi connectivity index (χ3n) is 6.04. The highest BCUT2D eigenvalue weighted by Gasteiger charge is 2.18. The molecular weight excluding hydrogens is 400 g/mol. The molecule has 0 amide bonds. The minimum Gasteiger partial charge on any atom is -0.425 e. The van der Waals surface area contributed by atoms with Gasteiger partial charge in [0.2, 0.25) is 6.29 Å². The van der Waals surface area contributed by atoms with E-state index < -0.39 is 6.29 Å². The Hall–Kier alpha value is -1.06. The van der Waals surface area contributed by atoms with E-state index in [1.165, 1.54) is 83.5 Å². The largest absolute Gasteiger partial charge is 0.425 e. The van der Waals surface area contributed by atoms with Crippen LogP contribution in [0.4, 0.5) is 0 Å². The molecule has 0 aliphatic rings. The maximum atomic E-state index is 12.3. The van der Waals surface area contributed by atoms with Crippen molar-refractivity contribution in [3.63, 3.8) is 0 Å². The van der Waals surface area contributed by atoms with Gasteiger partial charge in [-0.15, -0.1) is 0 Å². The molecule has 0 aromatic heterocycles. The summed E-state index contributed by atoms with van der Waals surface area (Å²) in [7, 11) is 0. The van der Waals surface area contributed by atoms with Gasteiger partial charge in [-0.1, -0.05) is 124 Å². The van der Waals surface area contributed by atoms with Gasteiger partial charge in [0, 0.05) is 19.3 Å². The Labute approximate surface area is 199 Å². The lowest BCUT2D eigenvalue weighted by Gasteiger charge is -2.18. The fourth-order valence-corrected chi connectivity index (χ4v) is 3.92. The molecule has 190 valence electrons. The molecule has 0 fully saturated rings. The van der Waals surface area contributed by atoms with Gasteiger partial charge in [-0.2, -0.15) is 0 Å². The SMILES string of the molecule is CCCCCCCCCC(OC(=O)CCCCCCCC)OC(=O)CCCCCCCC. The first-order chi connectivity index (χ1) is 15.6. The smallest absolute Gasteiger partial charge is 0.308 e. The monoisotopic (exact) mass is 454 g/mol. The van der Waals surface area contributed by atoms with Gasteiger partial charge in [-0.05, 0) is 19.3 Å². The first-order valence-electron chi connectivity index (χ1n) is 14.0.